The zero-order valence-corrected chi connectivity index (χ0v) is 9.42. The van der Waals surface area contributed by atoms with E-state index in [4.69, 9.17) is 14.2 Å². The van der Waals surface area contributed by atoms with Gasteiger partial charge in [0.1, 0.15) is 12.4 Å². The minimum atomic E-state index is 0.485. The molecule has 0 aromatic carbocycles. The Kier molecular flexibility index (Phi) is 5.99. The van der Waals surface area contributed by atoms with Crippen molar-refractivity contribution in [3.05, 3.63) is 16.3 Å². The molecule has 84 valence electrons. The molecule has 0 atom stereocenters. The fraction of sp³-hybridized carbons (Fsp3) is 0.500. The zero-order chi connectivity index (χ0) is 10.9. The Bertz CT molecular complexity index is 285. The number of ether oxygens (including phenoxy) is 3. The highest BCUT2D eigenvalue weighted by Gasteiger charge is 1.98. The quantitative estimate of drug-likeness (QED) is 0.502. The summed E-state index contributed by atoms with van der Waals surface area (Å²) in [5.41, 5.74) is 0. The van der Waals surface area contributed by atoms with Crippen LogP contribution < -0.4 is 4.74 Å². The lowest BCUT2D eigenvalue weighted by Gasteiger charge is -2.04. The number of aldehydes is 1. The van der Waals surface area contributed by atoms with Crippen molar-refractivity contribution >= 4 is 17.6 Å². The first-order chi connectivity index (χ1) is 7.36. The lowest BCUT2D eigenvalue weighted by Crippen LogP contribution is -2.09. The normalized spacial score (nSPS) is 10.2. The number of thiophene rings is 1. The van der Waals surface area contributed by atoms with E-state index < -0.39 is 0 Å². The maximum Gasteiger partial charge on any atom is 0.160 e. The molecule has 0 aliphatic carbocycles. The van der Waals surface area contributed by atoms with Crippen LogP contribution in [0.15, 0.2) is 11.4 Å². The van der Waals surface area contributed by atoms with E-state index in [0.29, 0.717) is 31.3 Å². The first-order valence-electron chi connectivity index (χ1n) is 4.60. The van der Waals surface area contributed by atoms with Gasteiger partial charge in [0.2, 0.25) is 0 Å². The lowest BCUT2D eigenvalue weighted by molar-refractivity contribution is 0.0545. The third-order valence-corrected chi connectivity index (χ3v) is 2.48. The van der Waals surface area contributed by atoms with Crippen LogP contribution in [0.4, 0.5) is 0 Å². The Labute approximate surface area is 92.8 Å². The Morgan fingerprint density at radius 2 is 2.13 bits per heavy atom. The molecule has 0 fully saturated rings. The Morgan fingerprint density at radius 1 is 1.33 bits per heavy atom. The molecule has 1 rings (SSSR count). The van der Waals surface area contributed by atoms with Crippen molar-refractivity contribution in [1.82, 2.24) is 0 Å². The Morgan fingerprint density at radius 3 is 2.80 bits per heavy atom. The van der Waals surface area contributed by atoms with Gasteiger partial charge in [-0.25, -0.2) is 0 Å². The monoisotopic (exact) mass is 230 g/mol. The molecule has 0 aliphatic heterocycles. The van der Waals surface area contributed by atoms with Crippen molar-refractivity contribution in [3.8, 4) is 5.75 Å². The minimum absolute atomic E-state index is 0.485. The predicted molar refractivity (Wildman–Crippen MR) is 57.9 cm³/mol. The van der Waals surface area contributed by atoms with Crippen LogP contribution in [0.25, 0.3) is 0 Å². The molecule has 4 nitrogen and oxygen atoms in total. The smallest absolute Gasteiger partial charge is 0.160 e. The van der Waals surface area contributed by atoms with E-state index in [1.807, 2.05) is 0 Å². The molecule has 1 aromatic rings. The summed E-state index contributed by atoms with van der Waals surface area (Å²) in [6.45, 7) is 2.17. The van der Waals surface area contributed by atoms with Crippen molar-refractivity contribution in [2.45, 2.75) is 0 Å². The molecule has 0 aliphatic rings. The molecule has 0 N–H and O–H groups in total. The topological polar surface area (TPSA) is 44.8 Å². The molecule has 0 radical (unpaired) electrons. The highest BCUT2D eigenvalue weighted by Crippen LogP contribution is 2.19. The summed E-state index contributed by atoms with van der Waals surface area (Å²) in [6.07, 6.45) is 0.812. The number of methoxy groups -OCH3 is 1. The molecule has 0 saturated carbocycles. The lowest BCUT2D eigenvalue weighted by atomic mass is 10.5. The molecular weight excluding hydrogens is 216 g/mol. The fourth-order valence-corrected chi connectivity index (χ4v) is 1.56. The standard InChI is InChI=1S/C10H14O4S/c1-12-2-3-13-4-5-14-9-6-10(7-11)15-8-9/h6-8H,2-5H2,1H3. The van der Waals surface area contributed by atoms with Gasteiger partial charge >= 0.3 is 0 Å². The third kappa shape index (κ3) is 4.92. The van der Waals surface area contributed by atoms with Gasteiger partial charge in [-0.15, -0.1) is 11.3 Å². The second-order valence-corrected chi connectivity index (χ2v) is 3.70. The van der Waals surface area contributed by atoms with Crippen LogP contribution in [0, 0.1) is 0 Å². The fourth-order valence-electron chi connectivity index (χ4n) is 0.935. The Hall–Kier alpha value is -0.910. The average Bonchev–Trinajstić information content (AvgIpc) is 2.71. The SMILES string of the molecule is COCCOCCOc1csc(C=O)c1. The maximum atomic E-state index is 10.4. The molecule has 5 heteroatoms. The van der Waals surface area contributed by atoms with Crippen molar-refractivity contribution in [2.75, 3.05) is 33.5 Å². The van der Waals surface area contributed by atoms with Crippen LogP contribution in [0.2, 0.25) is 0 Å². The summed E-state index contributed by atoms with van der Waals surface area (Å²) in [6, 6.07) is 1.72. The highest BCUT2D eigenvalue weighted by molar-refractivity contribution is 7.11. The van der Waals surface area contributed by atoms with Crippen LogP contribution in [-0.4, -0.2) is 39.8 Å². The van der Waals surface area contributed by atoms with Crippen LogP contribution in [0.1, 0.15) is 9.67 Å². The van der Waals surface area contributed by atoms with Crippen LogP contribution >= 0.6 is 11.3 Å². The van der Waals surface area contributed by atoms with Crippen LogP contribution in [-0.2, 0) is 9.47 Å². The van der Waals surface area contributed by atoms with Crippen LogP contribution in [0.3, 0.4) is 0 Å². The summed E-state index contributed by atoms with van der Waals surface area (Å²) >= 11 is 1.37. The number of hydrogen-bond donors (Lipinski definition) is 0. The van der Waals surface area contributed by atoms with Crippen molar-refractivity contribution < 1.29 is 19.0 Å². The van der Waals surface area contributed by atoms with Gasteiger partial charge in [-0.1, -0.05) is 0 Å². The van der Waals surface area contributed by atoms with Crippen molar-refractivity contribution in [3.63, 3.8) is 0 Å². The number of carbonyl (C=O) groups is 1. The molecular formula is C10H14O4S. The molecule has 0 unspecified atom stereocenters. The molecule has 0 amide bonds. The zero-order valence-electron chi connectivity index (χ0n) is 8.60. The first-order valence-corrected chi connectivity index (χ1v) is 5.48. The van der Waals surface area contributed by atoms with Gasteiger partial charge in [-0.3, -0.25) is 4.79 Å². The van der Waals surface area contributed by atoms with Gasteiger partial charge in [0.05, 0.1) is 24.7 Å². The van der Waals surface area contributed by atoms with Crippen molar-refractivity contribution in [2.24, 2.45) is 0 Å². The van der Waals surface area contributed by atoms with Gasteiger partial charge in [-0.2, -0.15) is 0 Å². The van der Waals surface area contributed by atoms with E-state index >= 15 is 0 Å². The first kappa shape index (κ1) is 12.2. The molecule has 0 bridgehead atoms. The van der Waals surface area contributed by atoms with Gasteiger partial charge in [0.15, 0.2) is 6.29 Å². The van der Waals surface area contributed by atoms with E-state index in [1.54, 1.807) is 18.6 Å². The summed E-state index contributed by atoms with van der Waals surface area (Å²) < 4.78 is 15.4. The summed E-state index contributed by atoms with van der Waals surface area (Å²) in [4.78, 5) is 11.1. The highest BCUT2D eigenvalue weighted by atomic mass is 32.1. The Balaban J connectivity index is 2.07. The van der Waals surface area contributed by atoms with E-state index in [-0.39, 0.29) is 0 Å². The minimum Gasteiger partial charge on any atom is -0.490 e. The number of hydrogen-bond acceptors (Lipinski definition) is 5. The van der Waals surface area contributed by atoms with E-state index in [2.05, 4.69) is 0 Å². The van der Waals surface area contributed by atoms with Crippen LogP contribution in [0.5, 0.6) is 5.75 Å². The molecule has 15 heavy (non-hydrogen) atoms. The van der Waals surface area contributed by atoms with E-state index in [9.17, 15) is 4.79 Å². The predicted octanol–water partition coefficient (Wildman–Crippen LogP) is 1.60. The van der Waals surface area contributed by atoms with Gasteiger partial charge < -0.3 is 14.2 Å². The van der Waals surface area contributed by atoms with Crippen molar-refractivity contribution in [1.29, 1.82) is 0 Å². The maximum absolute atomic E-state index is 10.4. The van der Waals surface area contributed by atoms with E-state index in [1.165, 1.54) is 11.3 Å². The molecule has 1 aromatic heterocycles. The molecule has 0 saturated heterocycles. The molecule has 1 heterocycles. The summed E-state index contributed by atoms with van der Waals surface area (Å²) in [7, 11) is 1.63. The second-order valence-electron chi connectivity index (χ2n) is 2.76. The third-order valence-electron chi connectivity index (χ3n) is 1.64. The summed E-state index contributed by atoms with van der Waals surface area (Å²) in [5, 5.41) is 1.80. The van der Waals surface area contributed by atoms with Gasteiger partial charge in [0.25, 0.3) is 0 Å². The average molecular weight is 230 g/mol. The summed E-state index contributed by atoms with van der Waals surface area (Å²) in [5.74, 6) is 0.720. The number of carbonyl (C=O) groups excluding carboxylic acids is 1. The van der Waals surface area contributed by atoms with Gasteiger partial charge in [0, 0.05) is 18.6 Å². The molecule has 0 spiro atoms. The van der Waals surface area contributed by atoms with E-state index in [0.717, 1.165) is 12.0 Å². The number of rotatable bonds is 8. The van der Waals surface area contributed by atoms with Gasteiger partial charge in [-0.05, 0) is 0 Å². The second kappa shape index (κ2) is 7.39. The largest absolute Gasteiger partial charge is 0.490 e.